The first-order valence-electron chi connectivity index (χ1n) is 4.04. The molecule has 1 atom stereocenters. The van der Waals surface area contributed by atoms with Gasteiger partial charge in [-0.25, -0.2) is 0 Å². The van der Waals surface area contributed by atoms with E-state index in [2.05, 4.69) is 43.3 Å². The van der Waals surface area contributed by atoms with Crippen molar-refractivity contribution in [2.45, 2.75) is 22.0 Å². The number of aldehydes is 1. The molecule has 0 spiro atoms. The lowest BCUT2D eigenvalue weighted by atomic mass is 9.90. The zero-order valence-corrected chi connectivity index (χ0v) is 10.8. The highest BCUT2D eigenvalue weighted by atomic mass is 79.9. The molecule has 0 aromatic carbocycles. The van der Waals surface area contributed by atoms with Crippen LogP contribution in [0.3, 0.4) is 0 Å². The molecule has 1 aromatic heterocycles. The lowest BCUT2D eigenvalue weighted by molar-refractivity contribution is -0.109. The summed E-state index contributed by atoms with van der Waals surface area (Å²) in [6, 6.07) is 2.12. The maximum absolute atomic E-state index is 11.0. The first-order chi connectivity index (χ1) is 6.15. The molecule has 1 heterocycles. The topological polar surface area (TPSA) is 17.1 Å². The Morgan fingerprint density at radius 1 is 1.62 bits per heavy atom. The number of rotatable bonds is 1. The number of hydrogen-bond donors (Lipinski definition) is 0. The van der Waals surface area contributed by atoms with Gasteiger partial charge in [0.25, 0.3) is 0 Å². The van der Waals surface area contributed by atoms with Gasteiger partial charge in [0.2, 0.25) is 0 Å². The van der Waals surface area contributed by atoms with Crippen LogP contribution in [-0.2, 0) is 11.2 Å². The lowest BCUT2D eigenvalue weighted by Crippen LogP contribution is -2.28. The maximum Gasteiger partial charge on any atom is 0.130 e. The number of fused-ring (bicyclic) bond motifs is 1. The van der Waals surface area contributed by atoms with Gasteiger partial charge in [-0.1, -0.05) is 31.9 Å². The van der Waals surface area contributed by atoms with Crippen molar-refractivity contribution in [3.8, 4) is 0 Å². The monoisotopic (exact) mass is 322 g/mol. The molecule has 1 aliphatic carbocycles. The molecule has 0 saturated heterocycles. The van der Waals surface area contributed by atoms with Gasteiger partial charge in [-0.05, 0) is 29.9 Å². The molecule has 1 nitrogen and oxygen atoms in total. The van der Waals surface area contributed by atoms with Crippen molar-refractivity contribution < 1.29 is 4.79 Å². The second kappa shape index (κ2) is 3.48. The van der Waals surface area contributed by atoms with Crippen LogP contribution in [0.4, 0.5) is 0 Å². The summed E-state index contributed by atoms with van der Waals surface area (Å²) in [4.78, 5) is 12.2. The molecule has 0 aliphatic heterocycles. The highest BCUT2D eigenvalue weighted by Gasteiger charge is 2.39. The average Bonchev–Trinajstić information content (AvgIpc) is 2.50. The van der Waals surface area contributed by atoms with Gasteiger partial charge < -0.3 is 4.79 Å². The molecule has 1 aliphatic rings. The van der Waals surface area contributed by atoms with E-state index in [9.17, 15) is 4.79 Å². The van der Waals surface area contributed by atoms with Crippen molar-refractivity contribution in [3.63, 3.8) is 0 Å². The van der Waals surface area contributed by atoms with Gasteiger partial charge in [-0.15, -0.1) is 11.3 Å². The van der Waals surface area contributed by atoms with Gasteiger partial charge in [0, 0.05) is 4.88 Å². The predicted molar refractivity (Wildman–Crippen MR) is 62.0 cm³/mol. The number of aryl methyl sites for hydroxylation is 1. The van der Waals surface area contributed by atoms with Crippen LogP contribution in [0.1, 0.15) is 22.8 Å². The first-order valence-corrected chi connectivity index (χ1v) is 6.51. The molecule has 13 heavy (non-hydrogen) atoms. The Morgan fingerprint density at radius 2 is 2.38 bits per heavy atom. The summed E-state index contributed by atoms with van der Waals surface area (Å²) in [6.07, 6.45) is 3.03. The molecule has 0 bridgehead atoms. The van der Waals surface area contributed by atoms with E-state index in [1.54, 1.807) is 11.3 Å². The van der Waals surface area contributed by atoms with Crippen molar-refractivity contribution in [3.05, 3.63) is 21.9 Å². The molecule has 0 fully saturated rings. The smallest absolute Gasteiger partial charge is 0.130 e. The Morgan fingerprint density at radius 3 is 3.08 bits per heavy atom. The van der Waals surface area contributed by atoms with Crippen LogP contribution in [0.25, 0.3) is 0 Å². The van der Waals surface area contributed by atoms with Crippen LogP contribution < -0.4 is 0 Å². The zero-order valence-electron chi connectivity index (χ0n) is 6.80. The summed E-state index contributed by atoms with van der Waals surface area (Å²) in [6.45, 7) is 0. The fraction of sp³-hybridized carbons (Fsp3) is 0.444. The quantitative estimate of drug-likeness (QED) is 0.571. The van der Waals surface area contributed by atoms with E-state index < -0.39 is 0 Å². The van der Waals surface area contributed by atoms with Gasteiger partial charge in [-0.2, -0.15) is 0 Å². The maximum atomic E-state index is 11.0. The Kier molecular flexibility index (Phi) is 2.64. The van der Waals surface area contributed by atoms with E-state index in [4.69, 9.17) is 0 Å². The predicted octanol–water partition coefficient (Wildman–Crippen LogP) is 3.46. The Balaban J connectivity index is 2.46. The summed E-state index contributed by atoms with van der Waals surface area (Å²) in [7, 11) is 0. The molecule has 0 saturated carbocycles. The van der Waals surface area contributed by atoms with E-state index in [-0.39, 0.29) is 9.15 Å². The molecular formula is C9H8Br2OS. The number of halogens is 2. The summed E-state index contributed by atoms with van der Waals surface area (Å²) < 4.78 is -0.223. The van der Waals surface area contributed by atoms with Crippen LogP contribution in [0.2, 0.25) is 0 Å². The van der Waals surface area contributed by atoms with Crippen LogP contribution >= 0.6 is 43.2 Å². The largest absolute Gasteiger partial charge is 0.303 e. The molecule has 2 rings (SSSR count). The zero-order chi connectivity index (χ0) is 9.47. The summed E-state index contributed by atoms with van der Waals surface area (Å²) in [5.41, 5.74) is 1.33. The summed E-state index contributed by atoms with van der Waals surface area (Å²) >= 11 is 8.80. The van der Waals surface area contributed by atoms with Gasteiger partial charge >= 0.3 is 0 Å². The molecule has 70 valence electrons. The lowest BCUT2D eigenvalue weighted by Gasteiger charge is -2.31. The van der Waals surface area contributed by atoms with Crippen molar-refractivity contribution in [1.82, 2.24) is 0 Å². The van der Waals surface area contributed by atoms with E-state index in [0.29, 0.717) is 0 Å². The third-order valence-electron chi connectivity index (χ3n) is 2.38. The average molecular weight is 324 g/mol. The Labute approximate surface area is 97.8 Å². The number of thiophene rings is 1. The molecule has 0 radical (unpaired) electrons. The number of carbonyl (C=O) groups excluding carboxylic acids is 1. The van der Waals surface area contributed by atoms with E-state index in [0.717, 1.165) is 19.1 Å². The third-order valence-corrected chi connectivity index (χ3v) is 5.20. The van der Waals surface area contributed by atoms with Crippen LogP contribution in [0.5, 0.6) is 0 Å². The van der Waals surface area contributed by atoms with Crippen molar-refractivity contribution in [2.24, 2.45) is 0 Å². The third kappa shape index (κ3) is 1.64. The highest BCUT2D eigenvalue weighted by Crippen LogP contribution is 2.49. The second-order valence-corrected chi connectivity index (χ2v) is 8.03. The molecule has 4 heteroatoms. The van der Waals surface area contributed by atoms with E-state index in [1.165, 1.54) is 10.4 Å². The minimum atomic E-state index is -0.223. The molecular weight excluding hydrogens is 316 g/mol. The van der Waals surface area contributed by atoms with Gasteiger partial charge in [0.1, 0.15) is 6.29 Å². The van der Waals surface area contributed by atoms with Crippen molar-refractivity contribution in [1.29, 1.82) is 0 Å². The Hall–Kier alpha value is 0.330. The van der Waals surface area contributed by atoms with Crippen LogP contribution in [-0.4, -0.2) is 9.52 Å². The van der Waals surface area contributed by atoms with E-state index >= 15 is 0 Å². The number of carbonyl (C=O) groups is 1. The van der Waals surface area contributed by atoms with Gasteiger partial charge in [-0.3, -0.25) is 0 Å². The Bertz CT molecular complexity index is 332. The summed E-state index contributed by atoms with van der Waals surface area (Å²) in [5, 5.41) is 2.06. The van der Waals surface area contributed by atoms with E-state index in [1.807, 2.05) is 0 Å². The SMILES string of the molecule is O=CC1c2sccc2CCC1(Br)Br. The fourth-order valence-corrected chi connectivity index (χ4v) is 4.11. The standard InChI is InChI=1S/C9H8Br2OS/c10-9(11)3-1-6-2-4-13-8(6)7(9)5-12/h2,4-5,7H,1,3H2. The molecule has 0 N–H and O–H groups in total. The van der Waals surface area contributed by atoms with Gasteiger partial charge in [0.15, 0.2) is 0 Å². The molecule has 1 aromatic rings. The highest BCUT2D eigenvalue weighted by molar-refractivity contribution is 9.25. The van der Waals surface area contributed by atoms with Crippen LogP contribution in [0.15, 0.2) is 11.4 Å². The fourth-order valence-electron chi connectivity index (χ4n) is 1.64. The summed E-state index contributed by atoms with van der Waals surface area (Å²) in [5.74, 6) is -0.0451. The molecule has 0 amide bonds. The second-order valence-electron chi connectivity index (χ2n) is 3.18. The first kappa shape index (κ1) is 9.87. The van der Waals surface area contributed by atoms with Gasteiger partial charge in [0.05, 0.1) is 9.15 Å². The van der Waals surface area contributed by atoms with Crippen LogP contribution in [0, 0.1) is 0 Å². The molecule has 1 unspecified atom stereocenters. The minimum Gasteiger partial charge on any atom is -0.303 e. The minimum absolute atomic E-state index is 0.0451. The van der Waals surface area contributed by atoms with Crippen molar-refractivity contribution >= 4 is 49.5 Å². The van der Waals surface area contributed by atoms with Crippen molar-refractivity contribution in [2.75, 3.05) is 0 Å². The number of hydrogen-bond acceptors (Lipinski definition) is 2. The number of alkyl halides is 2. The normalized spacial score (nSPS) is 25.2.